The summed E-state index contributed by atoms with van der Waals surface area (Å²) in [5.41, 5.74) is 0.570. The highest BCUT2D eigenvalue weighted by atomic mass is 35.5. The molecule has 0 aromatic heterocycles. The number of halogens is 2. The van der Waals surface area contributed by atoms with Crippen LogP contribution in [0.2, 0.25) is 10.0 Å². The van der Waals surface area contributed by atoms with Crippen LogP contribution in [0.3, 0.4) is 0 Å². The molecular formula is C15H19Cl2NO. The summed E-state index contributed by atoms with van der Waals surface area (Å²) in [5, 5.41) is 1.00. The molecule has 0 saturated heterocycles. The Hall–Kier alpha value is -0.570. The van der Waals surface area contributed by atoms with Crippen molar-refractivity contribution in [2.75, 3.05) is 13.1 Å². The Morgan fingerprint density at radius 2 is 2.05 bits per heavy atom. The molecule has 4 heteroatoms. The molecule has 104 valence electrons. The van der Waals surface area contributed by atoms with Gasteiger partial charge in [0.1, 0.15) is 0 Å². The molecule has 0 bridgehead atoms. The first-order valence-electron chi connectivity index (χ1n) is 6.69. The predicted molar refractivity (Wildman–Crippen MR) is 80.2 cm³/mol. The molecule has 0 aliphatic heterocycles. The molecule has 0 radical (unpaired) electrons. The summed E-state index contributed by atoms with van der Waals surface area (Å²) in [4.78, 5) is 14.6. The third kappa shape index (κ3) is 4.20. The second kappa shape index (κ2) is 6.25. The lowest BCUT2D eigenvalue weighted by Crippen LogP contribution is -2.35. The van der Waals surface area contributed by atoms with E-state index in [0.717, 1.165) is 6.54 Å². The van der Waals surface area contributed by atoms with Crippen LogP contribution in [0.1, 0.15) is 37.0 Å². The zero-order valence-electron chi connectivity index (χ0n) is 11.3. The van der Waals surface area contributed by atoms with Crippen LogP contribution in [-0.2, 0) is 0 Å². The van der Waals surface area contributed by atoms with E-state index in [4.69, 9.17) is 23.2 Å². The number of benzene rings is 1. The summed E-state index contributed by atoms with van der Waals surface area (Å²) < 4.78 is 0. The highest BCUT2D eigenvalue weighted by Gasteiger charge is 2.30. The molecule has 1 aliphatic carbocycles. The van der Waals surface area contributed by atoms with Crippen LogP contribution in [0.5, 0.6) is 0 Å². The molecule has 2 rings (SSSR count). The van der Waals surface area contributed by atoms with E-state index in [1.807, 2.05) is 0 Å². The van der Waals surface area contributed by atoms with Gasteiger partial charge in [-0.15, -0.1) is 0 Å². The lowest BCUT2D eigenvalue weighted by atomic mass is 10.1. The molecule has 0 N–H and O–H groups in total. The second-order valence-electron chi connectivity index (χ2n) is 5.60. The number of carbonyl (C=O) groups is 1. The number of hydrogen-bond donors (Lipinski definition) is 0. The van der Waals surface area contributed by atoms with Gasteiger partial charge in [0.15, 0.2) is 5.78 Å². The first-order valence-corrected chi connectivity index (χ1v) is 7.45. The molecule has 1 aliphatic rings. The van der Waals surface area contributed by atoms with Crippen LogP contribution in [0, 0.1) is 5.92 Å². The van der Waals surface area contributed by atoms with Crippen LogP contribution < -0.4 is 0 Å². The maximum atomic E-state index is 12.3. The minimum atomic E-state index is 0.0780. The fourth-order valence-corrected chi connectivity index (χ4v) is 2.75. The molecular weight excluding hydrogens is 281 g/mol. The van der Waals surface area contributed by atoms with Gasteiger partial charge in [-0.05, 0) is 37.0 Å². The number of nitrogens with zero attached hydrogens (tertiary/aromatic N) is 1. The number of hydrogen-bond acceptors (Lipinski definition) is 2. The van der Waals surface area contributed by atoms with Gasteiger partial charge in [-0.3, -0.25) is 9.69 Å². The van der Waals surface area contributed by atoms with Gasteiger partial charge in [-0.25, -0.2) is 0 Å². The summed E-state index contributed by atoms with van der Waals surface area (Å²) in [6, 6.07) is 5.63. The zero-order valence-corrected chi connectivity index (χ0v) is 12.8. The van der Waals surface area contributed by atoms with Gasteiger partial charge >= 0.3 is 0 Å². The molecule has 0 heterocycles. The molecule has 0 spiro atoms. The first-order chi connectivity index (χ1) is 8.97. The van der Waals surface area contributed by atoms with E-state index in [-0.39, 0.29) is 5.78 Å². The lowest BCUT2D eigenvalue weighted by Gasteiger charge is -2.23. The third-order valence-corrected chi connectivity index (χ3v) is 3.79. The largest absolute Gasteiger partial charge is 0.293 e. The van der Waals surface area contributed by atoms with Crippen molar-refractivity contribution in [3.8, 4) is 0 Å². The van der Waals surface area contributed by atoms with Gasteiger partial charge in [-0.1, -0.05) is 37.0 Å². The van der Waals surface area contributed by atoms with Crippen LogP contribution in [0.4, 0.5) is 0 Å². The molecule has 0 amide bonds. The first kappa shape index (κ1) is 14.8. The third-order valence-electron chi connectivity index (χ3n) is 3.24. The Morgan fingerprint density at radius 1 is 1.37 bits per heavy atom. The molecule has 1 saturated carbocycles. The summed E-state index contributed by atoms with van der Waals surface area (Å²) in [5.74, 6) is 0.642. The number of rotatable bonds is 6. The summed E-state index contributed by atoms with van der Waals surface area (Å²) in [7, 11) is 0. The van der Waals surface area contributed by atoms with Crippen molar-refractivity contribution in [1.29, 1.82) is 0 Å². The van der Waals surface area contributed by atoms with Gasteiger partial charge < -0.3 is 0 Å². The van der Waals surface area contributed by atoms with Crippen LogP contribution >= 0.6 is 23.2 Å². The maximum Gasteiger partial charge on any atom is 0.178 e. The van der Waals surface area contributed by atoms with E-state index in [1.54, 1.807) is 18.2 Å². The Balaban J connectivity index is 2.06. The van der Waals surface area contributed by atoms with Crippen molar-refractivity contribution < 1.29 is 4.79 Å². The number of Topliss-reactive ketones (excluding diaryl/α,β-unsaturated/α-hetero) is 1. The summed E-state index contributed by atoms with van der Waals surface area (Å²) in [6.45, 7) is 5.76. The number of ketones is 1. The molecule has 1 aromatic rings. The fraction of sp³-hybridized carbons (Fsp3) is 0.533. The van der Waals surface area contributed by atoms with Crippen LogP contribution in [0.25, 0.3) is 0 Å². The van der Waals surface area contributed by atoms with Crippen LogP contribution in [0.15, 0.2) is 18.2 Å². The number of carbonyl (C=O) groups excluding carboxylic acids is 1. The SMILES string of the molecule is CC(C)CN(CC(=O)c1ccc(Cl)cc1Cl)C1CC1. The summed E-state index contributed by atoms with van der Waals surface area (Å²) in [6.07, 6.45) is 2.41. The van der Waals surface area contributed by atoms with Crippen molar-refractivity contribution in [3.05, 3.63) is 33.8 Å². The highest BCUT2D eigenvalue weighted by molar-refractivity contribution is 6.36. The zero-order chi connectivity index (χ0) is 14.0. The summed E-state index contributed by atoms with van der Waals surface area (Å²) >= 11 is 11.9. The molecule has 2 nitrogen and oxygen atoms in total. The standard InChI is InChI=1S/C15H19Cl2NO/c1-10(2)8-18(12-4-5-12)9-15(19)13-6-3-11(16)7-14(13)17/h3,6-7,10,12H,4-5,8-9H2,1-2H3. The van der Waals surface area contributed by atoms with Gasteiger partial charge in [0.25, 0.3) is 0 Å². The van der Waals surface area contributed by atoms with Crippen molar-refractivity contribution >= 4 is 29.0 Å². The van der Waals surface area contributed by atoms with Gasteiger partial charge in [0.05, 0.1) is 11.6 Å². The second-order valence-corrected chi connectivity index (χ2v) is 6.45. The molecule has 0 unspecified atom stereocenters. The molecule has 19 heavy (non-hydrogen) atoms. The Morgan fingerprint density at radius 3 is 2.58 bits per heavy atom. The van der Waals surface area contributed by atoms with Gasteiger partial charge in [-0.2, -0.15) is 0 Å². The van der Waals surface area contributed by atoms with E-state index in [0.29, 0.717) is 34.1 Å². The van der Waals surface area contributed by atoms with E-state index in [1.165, 1.54) is 12.8 Å². The minimum absolute atomic E-state index is 0.0780. The van der Waals surface area contributed by atoms with Crippen LogP contribution in [-0.4, -0.2) is 29.8 Å². The Labute approximate surface area is 124 Å². The van der Waals surface area contributed by atoms with E-state index < -0.39 is 0 Å². The predicted octanol–water partition coefficient (Wildman–Crippen LogP) is 4.30. The van der Waals surface area contributed by atoms with Gasteiger partial charge in [0.2, 0.25) is 0 Å². The van der Waals surface area contributed by atoms with Gasteiger partial charge in [0, 0.05) is 23.2 Å². The monoisotopic (exact) mass is 299 g/mol. The molecule has 1 fully saturated rings. The highest BCUT2D eigenvalue weighted by Crippen LogP contribution is 2.28. The maximum absolute atomic E-state index is 12.3. The topological polar surface area (TPSA) is 20.3 Å². The Kier molecular flexibility index (Phi) is 4.88. The van der Waals surface area contributed by atoms with E-state index in [2.05, 4.69) is 18.7 Å². The molecule has 1 aromatic carbocycles. The van der Waals surface area contributed by atoms with Crippen molar-refractivity contribution in [2.45, 2.75) is 32.7 Å². The average Bonchev–Trinajstić information content (AvgIpc) is 3.10. The molecule has 0 atom stereocenters. The van der Waals surface area contributed by atoms with Crippen molar-refractivity contribution in [2.24, 2.45) is 5.92 Å². The van der Waals surface area contributed by atoms with E-state index in [9.17, 15) is 4.79 Å². The smallest absolute Gasteiger partial charge is 0.178 e. The normalized spacial score (nSPS) is 15.3. The average molecular weight is 300 g/mol. The fourth-order valence-electron chi connectivity index (χ4n) is 2.24. The van der Waals surface area contributed by atoms with Crippen molar-refractivity contribution in [3.63, 3.8) is 0 Å². The quantitative estimate of drug-likeness (QED) is 0.730. The Bertz CT molecular complexity index is 469. The van der Waals surface area contributed by atoms with Crippen molar-refractivity contribution in [1.82, 2.24) is 4.90 Å². The minimum Gasteiger partial charge on any atom is -0.293 e. The van der Waals surface area contributed by atoms with E-state index >= 15 is 0 Å². The lowest BCUT2D eigenvalue weighted by molar-refractivity contribution is 0.0915.